The number of ether oxygens (including phenoxy) is 1. The zero-order valence-electron chi connectivity index (χ0n) is 14.8. The van der Waals surface area contributed by atoms with E-state index in [9.17, 15) is 14.7 Å². The number of carbonyl (C=O) groups is 1. The van der Waals surface area contributed by atoms with E-state index in [0.717, 1.165) is 11.3 Å². The lowest BCUT2D eigenvalue weighted by Gasteiger charge is -2.04. The van der Waals surface area contributed by atoms with E-state index in [1.165, 1.54) is 41.6 Å². The number of hydrazone groups is 1. The van der Waals surface area contributed by atoms with Crippen LogP contribution in [0.5, 0.6) is 11.5 Å². The number of rotatable bonds is 6. The van der Waals surface area contributed by atoms with E-state index in [1.54, 1.807) is 12.1 Å². The molecule has 0 spiro atoms. The molecule has 2 N–H and O–H groups in total. The molecule has 0 radical (unpaired) electrons. The SMILES string of the molecule is CCc1cc2c(=O)n(CC(=O)NN=Cc3ccc(O)c(OC)c3)cnc2s1. The molecule has 3 rings (SSSR count). The van der Waals surface area contributed by atoms with Gasteiger partial charge >= 0.3 is 0 Å². The van der Waals surface area contributed by atoms with Crippen LogP contribution in [0.1, 0.15) is 17.4 Å². The van der Waals surface area contributed by atoms with E-state index < -0.39 is 5.91 Å². The summed E-state index contributed by atoms with van der Waals surface area (Å²) in [6, 6.07) is 6.49. The van der Waals surface area contributed by atoms with Crippen LogP contribution in [0.4, 0.5) is 0 Å². The first kappa shape index (κ1) is 18.6. The predicted octanol–water partition coefficient (Wildman–Crippen LogP) is 1.88. The van der Waals surface area contributed by atoms with Crippen LogP contribution in [-0.4, -0.2) is 33.9 Å². The van der Waals surface area contributed by atoms with Gasteiger partial charge in [0, 0.05) is 4.88 Å². The Morgan fingerprint density at radius 1 is 1.44 bits per heavy atom. The number of aryl methyl sites for hydroxylation is 1. The van der Waals surface area contributed by atoms with Crippen LogP contribution in [0.25, 0.3) is 10.2 Å². The molecule has 27 heavy (non-hydrogen) atoms. The largest absolute Gasteiger partial charge is 0.504 e. The summed E-state index contributed by atoms with van der Waals surface area (Å²) in [5.74, 6) is -0.134. The number of hydrogen-bond acceptors (Lipinski definition) is 7. The van der Waals surface area contributed by atoms with Crippen LogP contribution in [-0.2, 0) is 17.8 Å². The minimum Gasteiger partial charge on any atom is -0.504 e. The number of phenols is 1. The van der Waals surface area contributed by atoms with E-state index >= 15 is 0 Å². The molecule has 8 nitrogen and oxygen atoms in total. The van der Waals surface area contributed by atoms with Gasteiger partial charge in [-0.15, -0.1) is 11.3 Å². The van der Waals surface area contributed by atoms with Crippen LogP contribution in [0.15, 0.2) is 40.5 Å². The number of aromatic nitrogens is 2. The fourth-order valence-corrected chi connectivity index (χ4v) is 3.37. The third-order valence-electron chi connectivity index (χ3n) is 3.84. The molecule has 1 amide bonds. The smallest absolute Gasteiger partial charge is 0.262 e. The lowest BCUT2D eigenvalue weighted by Crippen LogP contribution is -2.29. The van der Waals surface area contributed by atoms with Crippen molar-refractivity contribution in [2.24, 2.45) is 5.10 Å². The summed E-state index contributed by atoms with van der Waals surface area (Å²) in [5, 5.41) is 13.9. The Bertz CT molecular complexity index is 1070. The molecule has 0 saturated heterocycles. The van der Waals surface area contributed by atoms with Crippen molar-refractivity contribution in [2.45, 2.75) is 19.9 Å². The molecular formula is C18H18N4O4S. The van der Waals surface area contributed by atoms with Gasteiger partial charge in [-0.2, -0.15) is 5.10 Å². The van der Waals surface area contributed by atoms with Crippen molar-refractivity contribution >= 4 is 33.7 Å². The highest BCUT2D eigenvalue weighted by Gasteiger charge is 2.10. The minimum absolute atomic E-state index is 0.0145. The molecule has 1 aromatic carbocycles. The Kier molecular flexibility index (Phi) is 5.51. The van der Waals surface area contributed by atoms with Crippen molar-refractivity contribution in [2.75, 3.05) is 7.11 Å². The first-order chi connectivity index (χ1) is 13.0. The Labute approximate surface area is 158 Å². The van der Waals surface area contributed by atoms with Gasteiger partial charge in [0.25, 0.3) is 11.5 Å². The quantitative estimate of drug-likeness (QED) is 0.497. The number of aromatic hydroxyl groups is 1. The molecular weight excluding hydrogens is 368 g/mol. The van der Waals surface area contributed by atoms with Gasteiger partial charge in [0.2, 0.25) is 0 Å². The molecule has 0 aliphatic rings. The number of benzene rings is 1. The number of phenolic OH excluding ortho intramolecular Hbond substituents is 1. The third kappa shape index (κ3) is 4.14. The van der Waals surface area contributed by atoms with Gasteiger partial charge in [-0.05, 0) is 36.2 Å². The van der Waals surface area contributed by atoms with Gasteiger partial charge in [-0.25, -0.2) is 10.4 Å². The molecule has 3 aromatic rings. The summed E-state index contributed by atoms with van der Waals surface area (Å²) in [6.45, 7) is 1.83. The molecule has 0 aliphatic heterocycles. The Balaban J connectivity index is 1.68. The van der Waals surface area contributed by atoms with Crippen LogP contribution in [0, 0.1) is 0 Å². The molecule has 0 bridgehead atoms. The predicted molar refractivity (Wildman–Crippen MR) is 104 cm³/mol. The molecule has 0 fully saturated rings. The first-order valence-corrected chi connectivity index (χ1v) is 9.00. The Morgan fingerprint density at radius 2 is 2.26 bits per heavy atom. The van der Waals surface area contributed by atoms with Crippen molar-refractivity contribution in [3.63, 3.8) is 0 Å². The molecule has 2 aromatic heterocycles. The van der Waals surface area contributed by atoms with Gasteiger partial charge in [0.1, 0.15) is 11.4 Å². The summed E-state index contributed by atoms with van der Waals surface area (Å²) in [5.41, 5.74) is 2.75. The number of nitrogens with zero attached hydrogens (tertiary/aromatic N) is 3. The Hall–Kier alpha value is -3.20. The lowest BCUT2D eigenvalue weighted by atomic mass is 10.2. The average molecular weight is 386 g/mol. The maximum Gasteiger partial charge on any atom is 0.262 e. The van der Waals surface area contributed by atoms with Gasteiger partial charge < -0.3 is 9.84 Å². The van der Waals surface area contributed by atoms with Gasteiger partial charge in [0.15, 0.2) is 11.5 Å². The molecule has 0 unspecified atom stereocenters. The van der Waals surface area contributed by atoms with E-state index in [-0.39, 0.29) is 17.9 Å². The number of methoxy groups -OCH3 is 1. The molecule has 0 saturated carbocycles. The second-order valence-corrected chi connectivity index (χ2v) is 6.80. The highest BCUT2D eigenvalue weighted by molar-refractivity contribution is 7.18. The number of nitrogens with one attached hydrogen (secondary N) is 1. The molecule has 140 valence electrons. The molecule has 9 heteroatoms. The lowest BCUT2D eigenvalue weighted by molar-refractivity contribution is -0.121. The van der Waals surface area contributed by atoms with Crippen molar-refractivity contribution in [1.82, 2.24) is 15.0 Å². The summed E-state index contributed by atoms with van der Waals surface area (Å²) in [7, 11) is 1.44. The number of thiophene rings is 1. The van der Waals surface area contributed by atoms with Crippen molar-refractivity contribution in [3.05, 3.63) is 51.4 Å². The van der Waals surface area contributed by atoms with Crippen LogP contribution >= 0.6 is 11.3 Å². The van der Waals surface area contributed by atoms with Crippen molar-refractivity contribution in [3.8, 4) is 11.5 Å². The van der Waals surface area contributed by atoms with Gasteiger partial charge in [-0.1, -0.05) is 6.92 Å². The maximum absolute atomic E-state index is 12.5. The second-order valence-electron chi connectivity index (χ2n) is 5.69. The van der Waals surface area contributed by atoms with E-state index in [2.05, 4.69) is 15.5 Å². The minimum atomic E-state index is -0.453. The normalized spacial score (nSPS) is 11.2. The van der Waals surface area contributed by atoms with Crippen LogP contribution < -0.4 is 15.7 Å². The highest BCUT2D eigenvalue weighted by Crippen LogP contribution is 2.25. The average Bonchev–Trinajstić information content (AvgIpc) is 3.09. The first-order valence-electron chi connectivity index (χ1n) is 8.18. The maximum atomic E-state index is 12.5. The van der Waals surface area contributed by atoms with Crippen molar-refractivity contribution < 1.29 is 14.6 Å². The fourth-order valence-electron chi connectivity index (χ4n) is 2.44. The number of carbonyl (C=O) groups excluding carboxylic acids is 1. The number of amides is 1. The summed E-state index contributed by atoms with van der Waals surface area (Å²) >= 11 is 1.48. The summed E-state index contributed by atoms with van der Waals surface area (Å²) in [6.07, 6.45) is 3.61. The van der Waals surface area contributed by atoms with Gasteiger partial charge in [0.05, 0.1) is 25.0 Å². The zero-order chi connectivity index (χ0) is 19.4. The topological polar surface area (TPSA) is 106 Å². The fraction of sp³-hybridized carbons (Fsp3) is 0.222. The van der Waals surface area contributed by atoms with Crippen LogP contribution in [0.3, 0.4) is 0 Å². The highest BCUT2D eigenvalue weighted by atomic mass is 32.1. The second kappa shape index (κ2) is 8.00. The number of fused-ring (bicyclic) bond motifs is 1. The molecule has 2 heterocycles. The Morgan fingerprint density at radius 3 is 3.00 bits per heavy atom. The van der Waals surface area contributed by atoms with E-state index in [1.807, 2.05) is 13.0 Å². The van der Waals surface area contributed by atoms with Crippen molar-refractivity contribution in [1.29, 1.82) is 0 Å². The molecule has 0 atom stereocenters. The standard InChI is InChI=1S/C18H18N4O4S/c1-3-12-7-13-17(27-12)19-10-22(18(13)25)9-16(24)21-20-8-11-4-5-14(23)15(6-11)26-2/h4-8,10,23H,3,9H2,1-2H3,(H,21,24). The summed E-state index contributed by atoms with van der Waals surface area (Å²) in [4.78, 5) is 30.5. The van der Waals surface area contributed by atoms with Gasteiger partial charge in [-0.3, -0.25) is 14.2 Å². The van der Waals surface area contributed by atoms with E-state index in [0.29, 0.717) is 21.5 Å². The number of hydrogen-bond donors (Lipinski definition) is 2. The third-order valence-corrected chi connectivity index (χ3v) is 5.03. The monoisotopic (exact) mass is 386 g/mol. The van der Waals surface area contributed by atoms with E-state index in [4.69, 9.17) is 4.74 Å². The van der Waals surface area contributed by atoms with Crippen LogP contribution in [0.2, 0.25) is 0 Å². The zero-order valence-corrected chi connectivity index (χ0v) is 15.6. The summed E-state index contributed by atoms with van der Waals surface area (Å²) < 4.78 is 6.26. The molecule has 0 aliphatic carbocycles.